The predicted molar refractivity (Wildman–Crippen MR) is 64.9 cm³/mol. The molecule has 1 aromatic heterocycles. The van der Waals surface area contributed by atoms with Gasteiger partial charge in [-0.15, -0.1) is 11.3 Å². The summed E-state index contributed by atoms with van der Waals surface area (Å²) in [5, 5.41) is 17.4. The number of thiazole rings is 1. The topological polar surface area (TPSA) is 87.5 Å². The maximum atomic E-state index is 10.8. The number of hydrogen-bond acceptors (Lipinski definition) is 5. The highest BCUT2D eigenvalue weighted by atomic mass is 32.2. The number of benzene rings is 1. The van der Waals surface area contributed by atoms with Crippen LogP contribution in [0.5, 0.6) is 0 Å². The minimum atomic E-state index is -1.00. The molecule has 0 saturated heterocycles. The van der Waals surface area contributed by atoms with Crippen molar-refractivity contribution in [1.82, 2.24) is 4.98 Å². The van der Waals surface area contributed by atoms with E-state index in [0.29, 0.717) is 9.86 Å². The van der Waals surface area contributed by atoms with Crippen LogP contribution in [0.3, 0.4) is 0 Å². The molecule has 0 saturated carbocycles. The van der Waals surface area contributed by atoms with Gasteiger partial charge >= 0.3 is 11.9 Å². The molecule has 1 aromatic carbocycles. The minimum Gasteiger partial charge on any atom is -0.481 e. The molecule has 7 heteroatoms. The average Bonchev–Trinajstić information content (AvgIpc) is 2.67. The number of carboxylic acids is 2. The number of carboxylic acid groups (broad SMARTS) is 2. The van der Waals surface area contributed by atoms with Crippen molar-refractivity contribution in [2.24, 2.45) is 0 Å². The van der Waals surface area contributed by atoms with Crippen molar-refractivity contribution in [1.29, 1.82) is 0 Å². The molecule has 2 rings (SSSR count). The number of aromatic carboxylic acids is 1. The molecule has 0 fully saturated rings. The van der Waals surface area contributed by atoms with Gasteiger partial charge in [-0.2, -0.15) is 0 Å². The van der Waals surface area contributed by atoms with Crippen LogP contribution in [0.4, 0.5) is 0 Å². The second kappa shape index (κ2) is 4.72. The Hall–Kier alpha value is -1.60. The van der Waals surface area contributed by atoms with Gasteiger partial charge in [0.2, 0.25) is 0 Å². The first-order valence-electron chi connectivity index (χ1n) is 4.55. The number of rotatable bonds is 4. The molecule has 0 aliphatic rings. The highest BCUT2D eigenvalue weighted by molar-refractivity contribution is 8.01. The zero-order chi connectivity index (χ0) is 12.4. The number of thioether (sulfide) groups is 1. The van der Waals surface area contributed by atoms with E-state index in [1.165, 1.54) is 23.5 Å². The molecular weight excluding hydrogens is 262 g/mol. The van der Waals surface area contributed by atoms with E-state index >= 15 is 0 Å². The van der Waals surface area contributed by atoms with Gasteiger partial charge in [-0.25, -0.2) is 9.78 Å². The summed E-state index contributed by atoms with van der Waals surface area (Å²) in [7, 11) is 0. The number of nitrogens with zero attached hydrogens (tertiary/aromatic N) is 1. The monoisotopic (exact) mass is 269 g/mol. The fraction of sp³-hybridized carbons (Fsp3) is 0.100. The summed E-state index contributed by atoms with van der Waals surface area (Å²) in [5.74, 6) is -1.95. The van der Waals surface area contributed by atoms with Gasteiger partial charge in [-0.05, 0) is 18.2 Å². The largest absolute Gasteiger partial charge is 0.481 e. The van der Waals surface area contributed by atoms with E-state index in [4.69, 9.17) is 10.2 Å². The van der Waals surface area contributed by atoms with E-state index in [1.54, 1.807) is 6.07 Å². The summed E-state index contributed by atoms with van der Waals surface area (Å²) in [6, 6.07) is 4.68. The maximum absolute atomic E-state index is 10.8. The van der Waals surface area contributed by atoms with Gasteiger partial charge in [-0.1, -0.05) is 11.8 Å². The molecule has 0 unspecified atom stereocenters. The zero-order valence-electron chi connectivity index (χ0n) is 8.41. The molecule has 0 aliphatic carbocycles. The van der Waals surface area contributed by atoms with E-state index in [-0.39, 0.29) is 11.3 Å². The molecule has 0 spiro atoms. The van der Waals surface area contributed by atoms with Gasteiger partial charge in [0, 0.05) is 0 Å². The molecule has 17 heavy (non-hydrogen) atoms. The van der Waals surface area contributed by atoms with Crippen molar-refractivity contribution in [2.75, 3.05) is 5.75 Å². The van der Waals surface area contributed by atoms with Crippen LogP contribution in [-0.4, -0.2) is 32.9 Å². The smallest absolute Gasteiger partial charge is 0.335 e. The standard InChI is InChI=1S/C10H7NO4S2/c12-8(13)4-16-10-11-6-3-5(9(14)15)1-2-7(6)17-10/h1-3H,4H2,(H,12,13)(H,14,15). The van der Waals surface area contributed by atoms with Crippen LogP contribution in [0.25, 0.3) is 10.2 Å². The van der Waals surface area contributed by atoms with Crippen LogP contribution >= 0.6 is 23.1 Å². The van der Waals surface area contributed by atoms with Gasteiger partial charge < -0.3 is 10.2 Å². The number of aliphatic carboxylic acids is 1. The highest BCUT2D eigenvalue weighted by Crippen LogP contribution is 2.29. The third kappa shape index (κ3) is 2.75. The Morgan fingerprint density at radius 3 is 2.76 bits per heavy atom. The SMILES string of the molecule is O=C(O)CSc1nc2cc(C(=O)O)ccc2s1. The first-order chi connectivity index (χ1) is 8.06. The molecule has 2 N–H and O–H groups in total. The Balaban J connectivity index is 2.30. The molecule has 1 heterocycles. The van der Waals surface area contributed by atoms with Crippen molar-refractivity contribution in [3.63, 3.8) is 0 Å². The zero-order valence-corrected chi connectivity index (χ0v) is 10.0. The van der Waals surface area contributed by atoms with Crippen LogP contribution in [0, 0.1) is 0 Å². The quantitative estimate of drug-likeness (QED) is 0.827. The van der Waals surface area contributed by atoms with Crippen molar-refractivity contribution in [3.05, 3.63) is 23.8 Å². The normalized spacial score (nSPS) is 10.6. The predicted octanol–water partition coefficient (Wildman–Crippen LogP) is 2.17. The Morgan fingerprint density at radius 1 is 1.35 bits per heavy atom. The highest BCUT2D eigenvalue weighted by Gasteiger charge is 2.09. The molecule has 88 valence electrons. The fourth-order valence-electron chi connectivity index (χ4n) is 1.22. The molecule has 2 aromatic rings. The molecule has 0 bridgehead atoms. The third-order valence-electron chi connectivity index (χ3n) is 1.93. The first kappa shape index (κ1) is 11.9. The van der Waals surface area contributed by atoms with Gasteiger partial charge in [0.1, 0.15) is 0 Å². The Morgan fingerprint density at radius 2 is 2.12 bits per heavy atom. The lowest BCUT2D eigenvalue weighted by molar-refractivity contribution is -0.133. The summed E-state index contributed by atoms with van der Waals surface area (Å²) in [4.78, 5) is 25.4. The van der Waals surface area contributed by atoms with Gasteiger partial charge in [0.25, 0.3) is 0 Å². The van der Waals surface area contributed by atoms with Crippen molar-refractivity contribution < 1.29 is 19.8 Å². The number of carbonyl (C=O) groups is 2. The van der Waals surface area contributed by atoms with Gasteiger partial charge in [0.05, 0.1) is 21.5 Å². The number of hydrogen-bond donors (Lipinski definition) is 2. The van der Waals surface area contributed by atoms with Crippen molar-refractivity contribution in [2.45, 2.75) is 4.34 Å². The average molecular weight is 269 g/mol. The van der Waals surface area contributed by atoms with E-state index < -0.39 is 11.9 Å². The summed E-state index contributed by atoms with van der Waals surface area (Å²) >= 11 is 2.48. The van der Waals surface area contributed by atoms with Crippen LogP contribution < -0.4 is 0 Å². The summed E-state index contributed by atoms with van der Waals surface area (Å²) < 4.78 is 1.48. The van der Waals surface area contributed by atoms with Crippen molar-refractivity contribution in [3.8, 4) is 0 Å². The lowest BCUT2D eigenvalue weighted by Gasteiger charge is -1.91. The second-order valence-corrected chi connectivity index (χ2v) is 5.40. The van der Waals surface area contributed by atoms with Crippen molar-refractivity contribution >= 4 is 45.3 Å². The van der Waals surface area contributed by atoms with Crippen LogP contribution in [0.2, 0.25) is 0 Å². The van der Waals surface area contributed by atoms with Crippen LogP contribution in [0.15, 0.2) is 22.5 Å². The van der Waals surface area contributed by atoms with Crippen LogP contribution in [-0.2, 0) is 4.79 Å². The maximum Gasteiger partial charge on any atom is 0.335 e. The lowest BCUT2D eigenvalue weighted by atomic mass is 10.2. The van der Waals surface area contributed by atoms with E-state index in [9.17, 15) is 9.59 Å². The molecular formula is C10H7NO4S2. The third-order valence-corrected chi connectivity index (χ3v) is 4.10. The van der Waals surface area contributed by atoms with Gasteiger partial charge in [-0.3, -0.25) is 4.79 Å². The molecule has 0 amide bonds. The first-order valence-corrected chi connectivity index (χ1v) is 6.35. The number of fused-ring (bicyclic) bond motifs is 1. The van der Waals surface area contributed by atoms with E-state index in [2.05, 4.69) is 4.98 Å². The summed E-state index contributed by atoms with van der Waals surface area (Å²) in [6.45, 7) is 0. The van der Waals surface area contributed by atoms with Crippen LogP contribution in [0.1, 0.15) is 10.4 Å². The molecule has 0 aliphatic heterocycles. The Kier molecular flexibility index (Phi) is 3.30. The summed E-state index contributed by atoms with van der Waals surface area (Å²) in [6.07, 6.45) is 0. The van der Waals surface area contributed by atoms with Gasteiger partial charge in [0.15, 0.2) is 4.34 Å². The Bertz CT molecular complexity index is 593. The Labute approximate surface area is 104 Å². The molecule has 0 atom stereocenters. The van der Waals surface area contributed by atoms with E-state index in [1.807, 2.05) is 0 Å². The van der Waals surface area contributed by atoms with E-state index in [0.717, 1.165) is 16.5 Å². The molecule has 0 radical (unpaired) electrons. The fourth-order valence-corrected chi connectivity index (χ4v) is 2.99. The second-order valence-electron chi connectivity index (χ2n) is 3.15. The number of aromatic nitrogens is 1. The lowest BCUT2D eigenvalue weighted by Crippen LogP contribution is -1.97. The minimum absolute atomic E-state index is 0.0500. The summed E-state index contributed by atoms with van der Waals surface area (Å²) in [5.41, 5.74) is 0.764. The molecule has 5 nitrogen and oxygen atoms in total.